The molecule has 4 N–H and O–H groups in total. The highest BCUT2D eigenvalue weighted by Crippen LogP contribution is 2.32. The molecule has 0 heterocycles. The molecule has 2 aromatic rings. The average molecular weight is 254 g/mol. The van der Waals surface area contributed by atoms with Crippen LogP contribution >= 0.6 is 0 Å². The van der Waals surface area contributed by atoms with Gasteiger partial charge in [-0.15, -0.1) is 0 Å². The lowest BCUT2D eigenvalue weighted by atomic mass is 10.0. The van der Waals surface area contributed by atoms with Gasteiger partial charge < -0.3 is 16.2 Å². The van der Waals surface area contributed by atoms with Gasteiger partial charge in [0.2, 0.25) is 0 Å². The van der Waals surface area contributed by atoms with Crippen LogP contribution < -0.4 is 16.2 Å². The number of benzene rings is 2. The van der Waals surface area contributed by atoms with E-state index in [2.05, 4.69) is 6.58 Å². The number of hydrogen-bond donors (Lipinski definition) is 2. The fourth-order valence-corrected chi connectivity index (χ4v) is 1.67. The molecule has 0 aromatic heterocycles. The Labute approximate surface area is 111 Å². The molecular weight excluding hydrogens is 240 g/mol. The highest BCUT2D eigenvalue weighted by Gasteiger charge is 2.09. The molecule has 0 radical (unpaired) electrons. The van der Waals surface area contributed by atoms with Crippen LogP contribution in [0.4, 0.5) is 11.4 Å². The smallest absolute Gasteiger partial charge is 0.335 e. The molecule has 0 unspecified atom stereocenters. The van der Waals surface area contributed by atoms with Gasteiger partial charge in [-0.3, -0.25) is 0 Å². The topological polar surface area (TPSA) is 78.3 Å². The lowest BCUT2D eigenvalue weighted by Crippen LogP contribution is -2.04. The maximum absolute atomic E-state index is 11.3. The van der Waals surface area contributed by atoms with E-state index in [0.717, 1.165) is 17.2 Å². The van der Waals surface area contributed by atoms with Gasteiger partial charge in [-0.2, -0.15) is 0 Å². The molecule has 0 spiro atoms. The van der Waals surface area contributed by atoms with E-state index >= 15 is 0 Å². The zero-order valence-corrected chi connectivity index (χ0v) is 10.3. The first-order chi connectivity index (χ1) is 9.10. The van der Waals surface area contributed by atoms with E-state index in [-0.39, 0.29) is 0 Å². The van der Waals surface area contributed by atoms with Crippen molar-refractivity contribution in [2.75, 3.05) is 11.5 Å². The zero-order valence-electron chi connectivity index (χ0n) is 10.3. The van der Waals surface area contributed by atoms with Crippen molar-refractivity contribution in [2.24, 2.45) is 0 Å². The summed E-state index contributed by atoms with van der Waals surface area (Å²) in [5.41, 5.74) is 14.2. The van der Waals surface area contributed by atoms with Crippen LogP contribution in [0, 0.1) is 0 Å². The summed E-state index contributed by atoms with van der Waals surface area (Å²) in [7, 11) is 0. The van der Waals surface area contributed by atoms with Crippen LogP contribution in [0.2, 0.25) is 0 Å². The molecule has 0 bridgehead atoms. The quantitative estimate of drug-likeness (QED) is 0.382. The van der Waals surface area contributed by atoms with Gasteiger partial charge >= 0.3 is 5.97 Å². The number of hydrogen-bond acceptors (Lipinski definition) is 4. The molecule has 2 rings (SSSR count). The molecule has 0 saturated heterocycles. The standard InChI is InChI=1S/C15H14N2O2/c1-2-15(18)19-14-9-12(17)7-8-13(14)10-3-5-11(16)6-4-10/h2-9H,1,16-17H2. The van der Waals surface area contributed by atoms with Crippen LogP contribution in [0.25, 0.3) is 11.1 Å². The first-order valence-electron chi connectivity index (χ1n) is 5.70. The molecule has 0 fully saturated rings. The van der Waals surface area contributed by atoms with Crippen molar-refractivity contribution in [1.29, 1.82) is 0 Å². The maximum atomic E-state index is 11.3. The monoisotopic (exact) mass is 254 g/mol. The molecule has 4 nitrogen and oxygen atoms in total. The van der Waals surface area contributed by atoms with E-state index in [1.165, 1.54) is 0 Å². The first-order valence-corrected chi connectivity index (χ1v) is 5.70. The lowest BCUT2D eigenvalue weighted by Gasteiger charge is -2.10. The van der Waals surface area contributed by atoms with Crippen molar-refractivity contribution in [3.8, 4) is 16.9 Å². The van der Waals surface area contributed by atoms with Gasteiger partial charge in [0.15, 0.2) is 0 Å². The number of carbonyl (C=O) groups is 1. The lowest BCUT2D eigenvalue weighted by molar-refractivity contribution is -0.128. The highest BCUT2D eigenvalue weighted by atomic mass is 16.5. The second-order valence-electron chi connectivity index (χ2n) is 4.00. The Morgan fingerprint density at radius 3 is 2.32 bits per heavy atom. The van der Waals surface area contributed by atoms with E-state index in [4.69, 9.17) is 16.2 Å². The Bertz CT molecular complexity index is 619. The number of carbonyl (C=O) groups excluding carboxylic acids is 1. The predicted molar refractivity (Wildman–Crippen MR) is 76.5 cm³/mol. The Balaban J connectivity index is 2.47. The summed E-state index contributed by atoms with van der Waals surface area (Å²) >= 11 is 0. The Morgan fingerprint density at radius 2 is 1.68 bits per heavy atom. The number of nitrogen functional groups attached to an aromatic ring is 2. The van der Waals surface area contributed by atoms with Crippen molar-refractivity contribution in [3.05, 3.63) is 55.1 Å². The van der Waals surface area contributed by atoms with Crippen LogP contribution in [-0.2, 0) is 4.79 Å². The summed E-state index contributed by atoms with van der Waals surface area (Å²) < 4.78 is 5.19. The van der Waals surface area contributed by atoms with Crippen LogP contribution in [-0.4, -0.2) is 5.97 Å². The zero-order chi connectivity index (χ0) is 13.8. The van der Waals surface area contributed by atoms with Crippen molar-refractivity contribution < 1.29 is 9.53 Å². The van der Waals surface area contributed by atoms with Crippen molar-refractivity contribution >= 4 is 17.3 Å². The number of anilines is 2. The van der Waals surface area contributed by atoms with Crippen molar-refractivity contribution in [3.63, 3.8) is 0 Å². The van der Waals surface area contributed by atoms with E-state index in [9.17, 15) is 4.79 Å². The third-order valence-corrected chi connectivity index (χ3v) is 2.60. The summed E-state index contributed by atoms with van der Waals surface area (Å²) in [6.07, 6.45) is 1.11. The predicted octanol–water partition coefficient (Wildman–Crippen LogP) is 2.61. The van der Waals surface area contributed by atoms with Gasteiger partial charge in [0.25, 0.3) is 0 Å². The molecule has 0 amide bonds. The van der Waals surface area contributed by atoms with Crippen LogP contribution in [0.15, 0.2) is 55.1 Å². The molecule has 2 aromatic carbocycles. The maximum Gasteiger partial charge on any atom is 0.335 e. The van der Waals surface area contributed by atoms with Crippen LogP contribution in [0.3, 0.4) is 0 Å². The van der Waals surface area contributed by atoms with E-state index in [1.807, 2.05) is 12.1 Å². The van der Waals surface area contributed by atoms with Gasteiger partial charge in [0.1, 0.15) is 5.75 Å². The van der Waals surface area contributed by atoms with Gasteiger partial charge in [-0.05, 0) is 29.8 Å². The molecule has 0 saturated carbocycles. The summed E-state index contributed by atoms with van der Waals surface area (Å²) in [6.45, 7) is 3.37. The third-order valence-electron chi connectivity index (χ3n) is 2.60. The number of esters is 1. The molecule has 96 valence electrons. The van der Waals surface area contributed by atoms with Crippen molar-refractivity contribution in [2.45, 2.75) is 0 Å². The Kier molecular flexibility index (Phi) is 3.52. The number of nitrogens with two attached hydrogens (primary N) is 2. The molecule has 4 heteroatoms. The minimum absolute atomic E-state index is 0.398. The second kappa shape index (κ2) is 5.27. The third kappa shape index (κ3) is 2.93. The SMILES string of the molecule is C=CC(=O)Oc1cc(N)ccc1-c1ccc(N)cc1. The van der Waals surface area contributed by atoms with Gasteiger partial charge in [-0.1, -0.05) is 18.7 Å². The van der Waals surface area contributed by atoms with Gasteiger partial charge in [-0.25, -0.2) is 4.79 Å². The Hall–Kier alpha value is -2.75. The summed E-state index contributed by atoms with van der Waals surface area (Å²) in [5.74, 6) is -0.128. The molecule has 0 aliphatic rings. The van der Waals surface area contributed by atoms with Crippen molar-refractivity contribution in [1.82, 2.24) is 0 Å². The molecule has 19 heavy (non-hydrogen) atoms. The molecular formula is C15H14N2O2. The average Bonchev–Trinajstić information content (AvgIpc) is 2.40. The van der Waals surface area contributed by atoms with Gasteiger partial charge in [0.05, 0.1) is 0 Å². The molecule has 0 aliphatic heterocycles. The fourth-order valence-electron chi connectivity index (χ4n) is 1.67. The summed E-state index contributed by atoms with van der Waals surface area (Å²) in [4.78, 5) is 11.3. The van der Waals surface area contributed by atoms with E-state index in [1.54, 1.807) is 30.3 Å². The number of rotatable bonds is 3. The summed E-state index contributed by atoms with van der Waals surface area (Å²) in [5, 5.41) is 0. The van der Waals surface area contributed by atoms with Crippen LogP contribution in [0.1, 0.15) is 0 Å². The molecule has 0 aliphatic carbocycles. The first kappa shape index (κ1) is 12.7. The van der Waals surface area contributed by atoms with Crippen LogP contribution in [0.5, 0.6) is 5.75 Å². The summed E-state index contributed by atoms with van der Waals surface area (Å²) in [6, 6.07) is 12.4. The van der Waals surface area contributed by atoms with E-state index < -0.39 is 5.97 Å². The minimum atomic E-state index is -0.526. The van der Waals surface area contributed by atoms with Gasteiger partial charge in [0, 0.05) is 29.1 Å². The highest BCUT2D eigenvalue weighted by molar-refractivity contribution is 5.86. The normalized spacial score (nSPS) is 9.89. The fraction of sp³-hybridized carbons (Fsp3) is 0. The Morgan fingerprint density at radius 1 is 1.05 bits per heavy atom. The second-order valence-corrected chi connectivity index (χ2v) is 4.00. The van der Waals surface area contributed by atoms with E-state index in [0.29, 0.717) is 17.1 Å². The number of ether oxygens (including phenoxy) is 1. The molecule has 0 atom stereocenters. The largest absolute Gasteiger partial charge is 0.423 e. The minimum Gasteiger partial charge on any atom is -0.423 e.